The first kappa shape index (κ1) is 41.5. The van der Waals surface area contributed by atoms with E-state index in [1.54, 1.807) is 12.1 Å². The van der Waals surface area contributed by atoms with Crippen molar-refractivity contribution in [1.82, 2.24) is 34.1 Å². The van der Waals surface area contributed by atoms with Crippen LogP contribution in [-0.2, 0) is 12.8 Å². The van der Waals surface area contributed by atoms with Gasteiger partial charge < -0.3 is 20.0 Å². The van der Waals surface area contributed by atoms with Gasteiger partial charge in [-0.15, -0.1) is 22.7 Å². The summed E-state index contributed by atoms with van der Waals surface area (Å²) in [6.45, 7) is 8.07. The number of hydrogen-bond donors (Lipinski definition) is 1. The van der Waals surface area contributed by atoms with Crippen LogP contribution in [-0.4, -0.2) is 69.0 Å². The molecule has 61 heavy (non-hydrogen) atoms. The van der Waals surface area contributed by atoms with Gasteiger partial charge in [-0.3, -0.25) is 8.80 Å². The lowest BCUT2D eigenvalue weighted by molar-refractivity contribution is 0.588. The lowest BCUT2D eigenvalue weighted by atomic mass is 10.1. The predicted molar refractivity (Wildman–Crippen MR) is 242 cm³/mol. The van der Waals surface area contributed by atoms with Crippen LogP contribution in [0.5, 0.6) is 0 Å². The molecule has 0 aliphatic carbocycles. The summed E-state index contributed by atoms with van der Waals surface area (Å²) in [6.07, 6.45) is 5.71. The minimum absolute atomic E-state index is 0.271. The van der Waals surface area contributed by atoms with E-state index in [1.165, 1.54) is 52.6 Å². The molecule has 0 radical (unpaired) electrons. The van der Waals surface area contributed by atoms with E-state index >= 15 is 0 Å². The molecular weight excluding hydrogens is 879 g/mol. The van der Waals surface area contributed by atoms with Crippen LogP contribution in [0.4, 0.5) is 36.4 Å². The number of rotatable bonds is 9. The summed E-state index contributed by atoms with van der Waals surface area (Å²) >= 11 is 6.47. The largest absolute Gasteiger partial charge is 0.368 e. The Hall–Kier alpha value is -6.24. The minimum Gasteiger partial charge on any atom is -0.368 e. The second kappa shape index (κ2) is 17.8. The molecule has 1 fully saturated rings. The van der Waals surface area contributed by atoms with Crippen LogP contribution in [0.25, 0.3) is 33.8 Å². The summed E-state index contributed by atoms with van der Waals surface area (Å²) in [5.74, 6) is 1.06. The molecule has 0 atom stereocenters. The van der Waals surface area contributed by atoms with Crippen molar-refractivity contribution in [3.63, 3.8) is 0 Å². The lowest BCUT2D eigenvalue weighted by Gasteiger charge is -2.29. The summed E-state index contributed by atoms with van der Waals surface area (Å²) in [5, 5.41) is 27.5. The fourth-order valence-corrected chi connectivity index (χ4v) is 9.27. The molecule has 308 valence electrons. The van der Waals surface area contributed by atoms with Crippen LogP contribution >= 0.6 is 38.6 Å². The average Bonchev–Trinajstić information content (AvgIpc) is 4.11. The van der Waals surface area contributed by atoms with Gasteiger partial charge in [0.05, 0.1) is 51.7 Å². The van der Waals surface area contributed by atoms with Gasteiger partial charge in [-0.2, -0.15) is 10.5 Å². The van der Waals surface area contributed by atoms with Crippen LogP contribution in [0.15, 0.2) is 88.3 Å². The third kappa shape index (κ3) is 8.30. The molecule has 17 heteroatoms. The topological polar surface area (TPSA) is 130 Å². The van der Waals surface area contributed by atoms with Gasteiger partial charge in [0, 0.05) is 79.0 Å². The summed E-state index contributed by atoms with van der Waals surface area (Å²) in [4.78, 5) is 25.5. The number of thiazole rings is 2. The van der Waals surface area contributed by atoms with E-state index in [0.717, 1.165) is 88.1 Å². The molecule has 0 amide bonds. The van der Waals surface area contributed by atoms with Gasteiger partial charge in [-0.25, -0.2) is 28.7 Å². The number of fused-ring (bicyclic) bond motifs is 2. The standard InChI is InChI=1S/C24H24FN7S.C20H15BrFN5S/c1-3-20-23(32-14-18(5-7-22(32)28-20)31-10-8-27-9-11-31)30(2)24-29-21(15-33-24)19-6-4-17(25)12-16(19)13-26;1-3-16-19(27-10-13(21)4-7-18(27)24-16)26(2)20-25-17(11-28-20)15-6-5-14(22)8-12(15)9-23/h4-7,12,14-15,27H,3,8-11H2,1-2H3;4-8,10-11H,3H2,1-2H3. The molecule has 7 heterocycles. The predicted octanol–water partition coefficient (Wildman–Crippen LogP) is 9.77. The quantitative estimate of drug-likeness (QED) is 0.149. The van der Waals surface area contributed by atoms with Crippen molar-refractivity contribution in [2.24, 2.45) is 0 Å². The van der Waals surface area contributed by atoms with Crippen molar-refractivity contribution in [1.29, 1.82) is 10.5 Å². The van der Waals surface area contributed by atoms with Crippen molar-refractivity contribution in [3.8, 4) is 34.7 Å². The number of piperazine rings is 1. The number of hydrogen-bond acceptors (Lipinski definition) is 12. The Morgan fingerprint density at radius 2 is 1.20 bits per heavy atom. The number of nitrogens with one attached hydrogen (secondary N) is 1. The number of halogens is 3. The van der Waals surface area contributed by atoms with Gasteiger partial charge in [-0.05, 0) is 89.4 Å². The maximum absolute atomic E-state index is 13.6. The molecule has 0 bridgehead atoms. The van der Waals surface area contributed by atoms with E-state index in [2.05, 4.69) is 68.8 Å². The van der Waals surface area contributed by atoms with E-state index in [9.17, 15) is 19.3 Å². The molecule has 9 rings (SSSR count). The molecule has 0 spiro atoms. The van der Waals surface area contributed by atoms with E-state index in [4.69, 9.17) is 19.9 Å². The number of aryl methyl sites for hydroxylation is 2. The summed E-state index contributed by atoms with van der Waals surface area (Å²) in [5.41, 5.74) is 8.00. The number of imidazole rings is 2. The Labute approximate surface area is 367 Å². The maximum atomic E-state index is 13.6. The Morgan fingerprint density at radius 3 is 1.69 bits per heavy atom. The number of benzene rings is 2. The molecule has 1 saturated heterocycles. The molecule has 1 aliphatic heterocycles. The second-order valence-electron chi connectivity index (χ2n) is 14.2. The van der Waals surface area contributed by atoms with Gasteiger partial charge in [0.25, 0.3) is 0 Å². The second-order valence-corrected chi connectivity index (χ2v) is 16.7. The zero-order valence-corrected chi connectivity index (χ0v) is 36.9. The van der Waals surface area contributed by atoms with Crippen molar-refractivity contribution >= 4 is 77.5 Å². The van der Waals surface area contributed by atoms with Crippen LogP contribution < -0.4 is 20.0 Å². The molecule has 12 nitrogen and oxygen atoms in total. The Balaban J connectivity index is 0.000000171. The SMILES string of the molecule is CCc1nc2ccc(Br)cn2c1N(C)c1nc(-c2ccc(F)cc2C#N)cs1.CCc1nc2ccc(N3CCNCC3)cn2c1N(C)c1nc(-c2ccc(F)cc2C#N)cs1. The molecular formula is C44H39BrF2N12S2. The molecule has 8 aromatic rings. The zero-order chi connectivity index (χ0) is 42.8. The van der Waals surface area contributed by atoms with Crippen molar-refractivity contribution < 1.29 is 8.78 Å². The average molecular weight is 918 g/mol. The summed E-state index contributed by atoms with van der Waals surface area (Å²) in [7, 11) is 3.93. The van der Waals surface area contributed by atoms with Gasteiger partial charge in [0.1, 0.15) is 34.6 Å². The van der Waals surface area contributed by atoms with E-state index in [-0.39, 0.29) is 11.1 Å². The first-order valence-electron chi connectivity index (χ1n) is 19.5. The fraction of sp³-hybridized carbons (Fsp3) is 0.227. The van der Waals surface area contributed by atoms with E-state index in [0.29, 0.717) is 22.5 Å². The highest BCUT2D eigenvalue weighted by Gasteiger charge is 2.23. The highest BCUT2D eigenvalue weighted by atomic mass is 79.9. The number of aromatic nitrogens is 6. The van der Waals surface area contributed by atoms with Crippen molar-refractivity contribution in [2.75, 3.05) is 55.0 Å². The van der Waals surface area contributed by atoms with Gasteiger partial charge in [0.15, 0.2) is 10.3 Å². The first-order valence-corrected chi connectivity index (χ1v) is 22.1. The third-order valence-corrected chi connectivity index (χ3v) is 12.7. The molecule has 6 aromatic heterocycles. The fourth-order valence-electron chi connectivity index (χ4n) is 7.35. The third-order valence-electron chi connectivity index (χ3n) is 10.4. The first-order chi connectivity index (χ1) is 29.6. The summed E-state index contributed by atoms with van der Waals surface area (Å²) in [6, 6.07) is 20.6. The highest BCUT2D eigenvalue weighted by molar-refractivity contribution is 9.10. The Kier molecular flexibility index (Phi) is 12.1. The zero-order valence-electron chi connectivity index (χ0n) is 33.7. The molecule has 0 unspecified atom stereocenters. The molecule has 0 saturated carbocycles. The molecule has 1 aliphatic rings. The monoisotopic (exact) mass is 916 g/mol. The number of anilines is 5. The number of pyridine rings is 2. The Morgan fingerprint density at radius 1 is 0.705 bits per heavy atom. The number of nitrogens with zero attached hydrogens (tertiary/aromatic N) is 11. The van der Waals surface area contributed by atoms with E-state index in [1.807, 2.05) is 63.5 Å². The molecule has 2 aromatic carbocycles. The van der Waals surface area contributed by atoms with Crippen molar-refractivity contribution in [2.45, 2.75) is 26.7 Å². The minimum atomic E-state index is -0.434. The normalized spacial score (nSPS) is 12.6. The molecule has 1 N–H and O–H groups in total. The Bertz CT molecular complexity index is 2970. The van der Waals surface area contributed by atoms with Crippen LogP contribution in [0.2, 0.25) is 0 Å². The van der Waals surface area contributed by atoms with Gasteiger partial charge >= 0.3 is 0 Å². The van der Waals surface area contributed by atoms with Crippen molar-refractivity contribution in [3.05, 3.63) is 122 Å². The van der Waals surface area contributed by atoms with Gasteiger partial charge in [-0.1, -0.05) is 13.8 Å². The van der Waals surface area contributed by atoms with E-state index < -0.39 is 11.6 Å². The number of nitriles is 2. The maximum Gasteiger partial charge on any atom is 0.191 e. The van der Waals surface area contributed by atoms with Crippen LogP contribution in [0.1, 0.15) is 36.4 Å². The lowest BCUT2D eigenvalue weighted by Crippen LogP contribution is -2.43. The smallest absolute Gasteiger partial charge is 0.191 e. The van der Waals surface area contributed by atoms with Crippen LogP contribution in [0, 0.1) is 34.3 Å². The highest BCUT2D eigenvalue weighted by Crippen LogP contribution is 2.37. The van der Waals surface area contributed by atoms with Gasteiger partial charge in [0.2, 0.25) is 0 Å². The van der Waals surface area contributed by atoms with Crippen LogP contribution in [0.3, 0.4) is 0 Å². The summed E-state index contributed by atoms with van der Waals surface area (Å²) < 4.78 is 32.1.